The Kier molecular flexibility index (Phi) is 6.95. The minimum absolute atomic E-state index is 0.383. The van der Waals surface area contributed by atoms with Gasteiger partial charge in [-0.1, -0.05) is 54.1 Å². The van der Waals surface area contributed by atoms with E-state index in [2.05, 4.69) is 29.4 Å². The second-order valence-electron chi connectivity index (χ2n) is 8.09. The maximum Gasteiger partial charge on any atom is 0.321 e. The minimum Gasteiger partial charge on any atom is -0.493 e. The number of hydrogen-bond acceptors (Lipinski definition) is 4. The lowest BCUT2D eigenvalue weighted by Crippen LogP contribution is -2.38. The van der Waals surface area contributed by atoms with E-state index < -0.39 is 12.0 Å². The normalized spacial score (nSPS) is 11.9. The molecule has 0 aliphatic carbocycles. The van der Waals surface area contributed by atoms with Gasteiger partial charge in [-0.2, -0.15) is 0 Å². The van der Waals surface area contributed by atoms with Gasteiger partial charge in [-0.05, 0) is 41.8 Å². The predicted molar refractivity (Wildman–Crippen MR) is 129 cm³/mol. The van der Waals surface area contributed by atoms with Crippen molar-refractivity contribution < 1.29 is 19.4 Å². The average molecular weight is 445 g/mol. The number of rotatable bonds is 10. The summed E-state index contributed by atoms with van der Waals surface area (Å²) in [5, 5.41) is 14.0. The molecule has 1 aromatic heterocycles. The highest BCUT2D eigenvalue weighted by Gasteiger charge is 2.19. The van der Waals surface area contributed by atoms with Crippen LogP contribution in [0.3, 0.4) is 0 Å². The van der Waals surface area contributed by atoms with Crippen molar-refractivity contribution in [3.05, 3.63) is 95.2 Å². The van der Waals surface area contributed by atoms with Gasteiger partial charge in [-0.3, -0.25) is 4.79 Å². The first-order valence-corrected chi connectivity index (χ1v) is 10.9. The zero-order valence-electron chi connectivity index (χ0n) is 18.8. The van der Waals surface area contributed by atoms with E-state index in [0.29, 0.717) is 31.1 Å². The Morgan fingerprint density at radius 3 is 2.55 bits per heavy atom. The highest BCUT2D eigenvalue weighted by atomic mass is 16.5. The summed E-state index contributed by atoms with van der Waals surface area (Å²) in [7, 11) is 1.60. The van der Waals surface area contributed by atoms with Gasteiger partial charge in [-0.25, -0.2) is 0 Å². The van der Waals surface area contributed by atoms with Crippen molar-refractivity contribution in [1.29, 1.82) is 0 Å². The van der Waals surface area contributed by atoms with Crippen LogP contribution in [0.5, 0.6) is 11.5 Å². The van der Waals surface area contributed by atoms with E-state index in [9.17, 15) is 9.90 Å². The summed E-state index contributed by atoms with van der Waals surface area (Å²) in [6.45, 7) is 2.89. The third kappa shape index (κ3) is 5.54. The first kappa shape index (κ1) is 22.4. The molecule has 33 heavy (non-hydrogen) atoms. The molecule has 4 rings (SSSR count). The molecule has 0 fully saturated rings. The molecule has 0 amide bonds. The molecule has 0 saturated carbocycles. The Bertz CT molecular complexity index is 1230. The SMILES string of the molecule is COc1cc(CN[C@@H](Cc2c[nH]c3ccccc23)C(=O)O)ccc1OCc1ccc(C)cc1. The van der Waals surface area contributed by atoms with Gasteiger partial charge in [0.2, 0.25) is 0 Å². The lowest BCUT2D eigenvalue weighted by atomic mass is 10.0. The lowest BCUT2D eigenvalue weighted by Gasteiger charge is -2.16. The molecule has 3 aromatic carbocycles. The molecule has 0 aliphatic heterocycles. The second kappa shape index (κ2) is 10.2. The molecule has 0 saturated heterocycles. The maximum atomic E-state index is 11.9. The lowest BCUT2D eigenvalue weighted by molar-refractivity contribution is -0.139. The van der Waals surface area contributed by atoms with Crippen LogP contribution >= 0.6 is 0 Å². The van der Waals surface area contributed by atoms with E-state index in [0.717, 1.165) is 27.6 Å². The van der Waals surface area contributed by atoms with E-state index in [1.165, 1.54) is 5.56 Å². The molecular formula is C27H28N2O4. The number of H-pyrrole nitrogens is 1. The number of aromatic amines is 1. The number of aryl methyl sites for hydroxylation is 1. The first-order valence-electron chi connectivity index (χ1n) is 10.9. The molecule has 0 bridgehead atoms. The number of ether oxygens (including phenoxy) is 2. The molecule has 0 spiro atoms. The van der Waals surface area contributed by atoms with Crippen LogP contribution in [-0.2, 0) is 24.4 Å². The topological polar surface area (TPSA) is 83.6 Å². The summed E-state index contributed by atoms with van der Waals surface area (Å²) in [5.74, 6) is 0.380. The summed E-state index contributed by atoms with van der Waals surface area (Å²) in [4.78, 5) is 15.1. The van der Waals surface area contributed by atoms with Crippen molar-refractivity contribution in [2.45, 2.75) is 32.5 Å². The molecule has 6 heteroatoms. The van der Waals surface area contributed by atoms with Crippen molar-refractivity contribution in [3.8, 4) is 11.5 Å². The smallest absolute Gasteiger partial charge is 0.321 e. The van der Waals surface area contributed by atoms with E-state index in [4.69, 9.17) is 9.47 Å². The van der Waals surface area contributed by atoms with Gasteiger partial charge < -0.3 is 24.9 Å². The number of hydrogen-bond donors (Lipinski definition) is 3. The molecular weight excluding hydrogens is 416 g/mol. The summed E-state index contributed by atoms with van der Waals surface area (Å²) >= 11 is 0. The Labute approximate surface area is 193 Å². The number of carboxylic acid groups (broad SMARTS) is 1. The van der Waals surface area contributed by atoms with Crippen molar-refractivity contribution in [2.75, 3.05) is 7.11 Å². The van der Waals surface area contributed by atoms with Crippen molar-refractivity contribution >= 4 is 16.9 Å². The van der Waals surface area contributed by atoms with E-state index in [1.54, 1.807) is 7.11 Å². The number of fused-ring (bicyclic) bond motifs is 1. The Hall–Kier alpha value is -3.77. The number of carboxylic acids is 1. The Morgan fingerprint density at radius 2 is 1.79 bits per heavy atom. The van der Waals surface area contributed by atoms with Crippen LogP contribution < -0.4 is 14.8 Å². The molecule has 6 nitrogen and oxygen atoms in total. The second-order valence-corrected chi connectivity index (χ2v) is 8.09. The van der Waals surface area contributed by atoms with Crippen LogP contribution in [0.25, 0.3) is 10.9 Å². The van der Waals surface area contributed by atoms with Crippen LogP contribution in [0, 0.1) is 6.92 Å². The van der Waals surface area contributed by atoms with Gasteiger partial charge in [0, 0.05) is 30.1 Å². The average Bonchev–Trinajstić information content (AvgIpc) is 3.24. The fraction of sp³-hybridized carbons (Fsp3) is 0.222. The van der Waals surface area contributed by atoms with Crippen LogP contribution in [0.2, 0.25) is 0 Å². The van der Waals surface area contributed by atoms with Crippen molar-refractivity contribution in [2.24, 2.45) is 0 Å². The maximum absolute atomic E-state index is 11.9. The fourth-order valence-corrected chi connectivity index (χ4v) is 3.79. The predicted octanol–water partition coefficient (Wildman–Crippen LogP) is 4.85. The summed E-state index contributed by atoms with van der Waals surface area (Å²) < 4.78 is 11.4. The minimum atomic E-state index is -0.884. The summed E-state index contributed by atoms with van der Waals surface area (Å²) in [5.41, 5.74) is 5.18. The molecule has 170 valence electrons. The van der Waals surface area contributed by atoms with Gasteiger partial charge in [0.25, 0.3) is 0 Å². The molecule has 3 N–H and O–H groups in total. The third-order valence-corrected chi connectivity index (χ3v) is 5.69. The van der Waals surface area contributed by atoms with E-state index in [1.807, 2.05) is 60.8 Å². The number of nitrogens with one attached hydrogen (secondary N) is 2. The molecule has 1 heterocycles. The highest BCUT2D eigenvalue weighted by molar-refractivity contribution is 5.84. The number of benzene rings is 3. The summed E-state index contributed by atoms with van der Waals surface area (Å²) in [6.07, 6.45) is 2.26. The number of aliphatic carboxylic acids is 1. The number of aromatic nitrogens is 1. The van der Waals surface area contributed by atoms with Crippen LogP contribution in [-0.4, -0.2) is 29.2 Å². The largest absolute Gasteiger partial charge is 0.493 e. The van der Waals surface area contributed by atoms with Gasteiger partial charge in [0.05, 0.1) is 7.11 Å². The van der Waals surface area contributed by atoms with E-state index in [-0.39, 0.29) is 0 Å². The van der Waals surface area contributed by atoms with E-state index >= 15 is 0 Å². The van der Waals surface area contributed by atoms with Crippen molar-refractivity contribution in [1.82, 2.24) is 10.3 Å². The number of methoxy groups -OCH3 is 1. The zero-order valence-corrected chi connectivity index (χ0v) is 18.8. The molecule has 4 aromatic rings. The Balaban J connectivity index is 1.40. The van der Waals surface area contributed by atoms with Crippen molar-refractivity contribution in [3.63, 3.8) is 0 Å². The highest BCUT2D eigenvalue weighted by Crippen LogP contribution is 2.29. The Morgan fingerprint density at radius 1 is 1.03 bits per heavy atom. The first-order chi connectivity index (χ1) is 16.0. The van der Waals surface area contributed by atoms with Crippen LogP contribution in [0.15, 0.2) is 72.9 Å². The molecule has 0 unspecified atom stereocenters. The van der Waals surface area contributed by atoms with Gasteiger partial charge in [0.1, 0.15) is 12.6 Å². The van der Waals surface area contributed by atoms with Crippen LogP contribution in [0.1, 0.15) is 22.3 Å². The molecule has 1 atom stereocenters. The monoisotopic (exact) mass is 444 g/mol. The van der Waals surface area contributed by atoms with Gasteiger partial charge in [-0.15, -0.1) is 0 Å². The zero-order chi connectivity index (χ0) is 23.2. The van der Waals surface area contributed by atoms with Gasteiger partial charge in [0.15, 0.2) is 11.5 Å². The number of para-hydroxylation sites is 1. The number of carbonyl (C=O) groups is 1. The standard InChI is InChI=1S/C27H28N2O4/c1-18-7-9-19(10-8-18)17-33-25-12-11-20(13-26(25)32-2)15-28-24(27(30)31)14-21-16-29-23-6-4-3-5-22(21)23/h3-13,16,24,28-29H,14-15,17H2,1-2H3,(H,30,31)/t24-/m0/s1. The summed E-state index contributed by atoms with van der Waals surface area (Å²) in [6, 6.07) is 21.0. The molecule has 0 radical (unpaired) electrons. The third-order valence-electron chi connectivity index (χ3n) is 5.69. The quantitative estimate of drug-likeness (QED) is 0.326. The van der Waals surface area contributed by atoms with Gasteiger partial charge >= 0.3 is 5.97 Å². The fourth-order valence-electron chi connectivity index (χ4n) is 3.79. The molecule has 0 aliphatic rings. The van der Waals surface area contributed by atoms with Crippen LogP contribution in [0.4, 0.5) is 0 Å².